The van der Waals surface area contributed by atoms with E-state index in [1.807, 2.05) is 13.8 Å². The molecule has 0 aromatic rings. The van der Waals surface area contributed by atoms with E-state index in [-0.39, 0.29) is 6.04 Å². The molecule has 1 aliphatic rings. The molecule has 0 radical (unpaired) electrons. The molecule has 0 saturated carbocycles. The monoisotopic (exact) mass is 249 g/mol. The molecule has 1 aliphatic heterocycles. The summed E-state index contributed by atoms with van der Waals surface area (Å²) in [7, 11) is -3.31. The van der Waals surface area contributed by atoms with Crippen molar-refractivity contribution in [1.29, 1.82) is 0 Å². The maximum absolute atomic E-state index is 12.0. The van der Waals surface area contributed by atoms with Gasteiger partial charge in [-0.25, -0.2) is 0 Å². The molecule has 0 amide bonds. The summed E-state index contributed by atoms with van der Waals surface area (Å²) >= 11 is 0. The quantitative estimate of drug-likeness (QED) is 0.735. The van der Waals surface area contributed by atoms with Crippen LogP contribution in [-0.4, -0.2) is 38.4 Å². The van der Waals surface area contributed by atoms with Crippen molar-refractivity contribution >= 4 is 10.2 Å². The summed E-state index contributed by atoms with van der Waals surface area (Å²) in [6.45, 7) is 5.58. The van der Waals surface area contributed by atoms with Gasteiger partial charge in [-0.3, -0.25) is 0 Å². The number of hydrogen-bond donors (Lipinski definition) is 2. The van der Waals surface area contributed by atoms with Crippen molar-refractivity contribution in [1.82, 2.24) is 9.03 Å². The van der Waals surface area contributed by atoms with Gasteiger partial charge in [0.1, 0.15) is 0 Å². The minimum atomic E-state index is -3.31. The highest BCUT2D eigenvalue weighted by Gasteiger charge is 2.28. The Bertz CT molecular complexity index is 305. The number of nitrogens with zero attached hydrogens (tertiary/aromatic N) is 1. The first-order valence-electron chi connectivity index (χ1n) is 5.97. The van der Waals surface area contributed by atoms with Crippen molar-refractivity contribution in [2.75, 3.05) is 19.6 Å². The molecule has 0 aromatic heterocycles. The SMILES string of the molecule is CCC(C)NS(=O)(=O)N1CCCC(CN)C1. The number of rotatable bonds is 5. The number of hydrogen-bond acceptors (Lipinski definition) is 3. The predicted octanol–water partition coefficient (Wildman–Crippen LogP) is 0.290. The summed E-state index contributed by atoms with van der Waals surface area (Å²) in [5.74, 6) is 0.308. The van der Waals surface area contributed by atoms with Gasteiger partial charge < -0.3 is 5.73 Å². The predicted molar refractivity (Wildman–Crippen MR) is 65.2 cm³/mol. The fraction of sp³-hybridized carbons (Fsp3) is 1.00. The van der Waals surface area contributed by atoms with E-state index in [9.17, 15) is 8.42 Å². The zero-order valence-corrected chi connectivity index (χ0v) is 11.0. The Kier molecular flexibility index (Phi) is 5.17. The Morgan fingerprint density at radius 3 is 2.81 bits per heavy atom. The largest absolute Gasteiger partial charge is 0.330 e. The van der Waals surface area contributed by atoms with Crippen molar-refractivity contribution in [3.63, 3.8) is 0 Å². The second kappa shape index (κ2) is 5.95. The first-order valence-corrected chi connectivity index (χ1v) is 7.41. The molecular weight excluding hydrogens is 226 g/mol. The van der Waals surface area contributed by atoms with Crippen LogP contribution in [0.15, 0.2) is 0 Å². The summed E-state index contributed by atoms with van der Waals surface area (Å²) in [4.78, 5) is 0. The highest BCUT2D eigenvalue weighted by molar-refractivity contribution is 7.87. The van der Waals surface area contributed by atoms with E-state index in [0.717, 1.165) is 19.3 Å². The van der Waals surface area contributed by atoms with Gasteiger partial charge in [0.2, 0.25) is 0 Å². The topological polar surface area (TPSA) is 75.4 Å². The van der Waals surface area contributed by atoms with Crippen LogP contribution in [-0.2, 0) is 10.2 Å². The van der Waals surface area contributed by atoms with Gasteiger partial charge in [-0.2, -0.15) is 17.4 Å². The van der Waals surface area contributed by atoms with Gasteiger partial charge in [-0.15, -0.1) is 0 Å². The summed E-state index contributed by atoms with van der Waals surface area (Å²) in [6, 6.07) is -0.0109. The van der Waals surface area contributed by atoms with Crippen LogP contribution >= 0.6 is 0 Å². The standard InChI is InChI=1S/C10H23N3O2S/c1-3-9(2)12-16(14,15)13-6-4-5-10(7-11)8-13/h9-10,12H,3-8,11H2,1-2H3. The molecule has 0 aromatic carbocycles. The third kappa shape index (κ3) is 3.69. The van der Waals surface area contributed by atoms with Crippen molar-refractivity contribution < 1.29 is 8.42 Å². The number of piperidine rings is 1. The first-order chi connectivity index (χ1) is 7.49. The van der Waals surface area contributed by atoms with E-state index in [1.165, 1.54) is 4.31 Å². The molecule has 0 aliphatic carbocycles. The van der Waals surface area contributed by atoms with Crippen LogP contribution in [0.5, 0.6) is 0 Å². The van der Waals surface area contributed by atoms with Gasteiger partial charge in [0, 0.05) is 19.1 Å². The maximum atomic E-state index is 12.0. The second-order valence-corrected chi connectivity index (χ2v) is 6.24. The van der Waals surface area contributed by atoms with Crippen LogP contribution in [0.2, 0.25) is 0 Å². The van der Waals surface area contributed by atoms with Crippen LogP contribution in [0.1, 0.15) is 33.1 Å². The zero-order chi connectivity index (χ0) is 12.2. The maximum Gasteiger partial charge on any atom is 0.279 e. The molecular formula is C10H23N3O2S. The Morgan fingerprint density at radius 1 is 1.56 bits per heavy atom. The molecule has 2 atom stereocenters. The zero-order valence-electron chi connectivity index (χ0n) is 10.1. The van der Waals surface area contributed by atoms with Gasteiger partial charge >= 0.3 is 0 Å². The number of nitrogens with two attached hydrogens (primary N) is 1. The van der Waals surface area contributed by atoms with Crippen molar-refractivity contribution in [2.45, 2.75) is 39.2 Å². The molecule has 3 N–H and O–H groups in total. The first kappa shape index (κ1) is 13.9. The van der Waals surface area contributed by atoms with Gasteiger partial charge in [0.05, 0.1) is 0 Å². The van der Waals surface area contributed by atoms with Gasteiger partial charge in [0.25, 0.3) is 10.2 Å². The Morgan fingerprint density at radius 2 is 2.25 bits per heavy atom. The lowest BCUT2D eigenvalue weighted by Crippen LogP contribution is -2.49. The Hall–Kier alpha value is -0.170. The third-order valence-electron chi connectivity index (χ3n) is 3.12. The molecule has 96 valence electrons. The van der Waals surface area contributed by atoms with Crippen molar-refractivity contribution in [3.8, 4) is 0 Å². The molecule has 1 heterocycles. The molecule has 1 fully saturated rings. The lowest BCUT2D eigenvalue weighted by Gasteiger charge is -2.32. The lowest BCUT2D eigenvalue weighted by molar-refractivity contribution is 0.267. The fourth-order valence-corrected chi connectivity index (χ4v) is 3.45. The molecule has 5 nitrogen and oxygen atoms in total. The molecule has 0 spiro atoms. The summed E-state index contributed by atoms with van der Waals surface area (Å²) in [5.41, 5.74) is 5.59. The smallest absolute Gasteiger partial charge is 0.279 e. The van der Waals surface area contributed by atoms with Crippen LogP contribution in [0, 0.1) is 5.92 Å². The van der Waals surface area contributed by atoms with E-state index in [0.29, 0.717) is 25.6 Å². The lowest BCUT2D eigenvalue weighted by atomic mass is 10.0. The summed E-state index contributed by atoms with van der Waals surface area (Å²) in [6.07, 6.45) is 2.74. The van der Waals surface area contributed by atoms with Crippen LogP contribution in [0.25, 0.3) is 0 Å². The minimum absolute atomic E-state index is 0.0109. The van der Waals surface area contributed by atoms with Gasteiger partial charge in [0.15, 0.2) is 0 Å². The van der Waals surface area contributed by atoms with Gasteiger partial charge in [-0.1, -0.05) is 6.92 Å². The Labute approximate surface area is 98.6 Å². The minimum Gasteiger partial charge on any atom is -0.330 e. The van der Waals surface area contributed by atoms with E-state index < -0.39 is 10.2 Å². The molecule has 1 saturated heterocycles. The number of nitrogens with one attached hydrogen (secondary N) is 1. The third-order valence-corrected chi connectivity index (χ3v) is 4.83. The fourth-order valence-electron chi connectivity index (χ4n) is 1.85. The van der Waals surface area contributed by atoms with Crippen LogP contribution in [0.4, 0.5) is 0 Å². The normalized spacial score (nSPS) is 25.6. The van der Waals surface area contributed by atoms with Gasteiger partial charge in [-0.05, 0) is 38.6 Å². The van der Waals surface area contributed by atoms with Crippen molar-refractivity contribution in [2.24, 2.45) is 11.7 Å². The van der Waals surface area contributed by atoms with E-state index in [2.05, 4.69) is 4.72 Å². The highest BCUT2D eigenvalue weighted by Crippen LogP contribution is 2.17. The van der Waals surface area contributed by atoms with Crippen LogP contribution in [0.3, 0.4) is 0 Å². The average molecular weight is 249 g/mol. The van der Waals surface area contributed by atoms with E-state index in [1.54, 1.807) is 0 Å². The molecule has 1 rings (SSSR count). The van der Waals surface area contributed by atoms with Crippen molar-refractivity contribution in [3.05, 3.63) is 0 Å². The van der Waals surface area contributed by atoms with E-state index in [4.69, 9.17) is 5.73 Å². The Balaban J connectivity index is 2.61. The summed E-state index contributed by atoms with van der Waals surface area (Å²) < 4.78 is 28.2. The average Bonchev–Trinajstić information content (AvgIpc) is 2.28. The second-order valence-electron chi connectivity index (χ2n) is 4.53. The molecule has 0 bridgehead atoms. The molecule has 6 heteroatoms. The molecule has 16 heavy (non-hydrogen) atoms. The highest BCUT2D eigenvalue weighted by atomic mass is 32.2. The van der Waals surface area contributed by atoms with Crippen LogP contribution < -0.4 is 10.5 Å². The van der Waals surface area contributed by atoms with E-state index >= 15 is 0 Å². The molecule has 2 unspecified atom stereocenters. The summed E-state index contributed by atoms with van der Waals surface area (Å²) in [5, 5.41) is 0.